The van der Waals surface area contributed by atoms with E-state index >= 15 is 0 Å². The molecular formula is C33H27NO3. The molecule has 0 unspecified atom stereocenters. The Hall–Kier alpha value is -4.57. The molecule has 1 aliphatic carbocycles. The first kappa shape index (κ1) is 22.9. The van der Waals surface area contributed by atoms with Gasteiger partial charge in [0.25, 0.3) is 0 Å². The molecule has 6 rings (SSSR count). The number of hydrogen-bond donors (Lipinski definition) is 1. The Kier molecular flexibility index (Phi) is 5.65. The van der Waals surface area contributed by atoms with Gasteiger partial charge in [-0.05, 0) is 71.9 Å². The molecule has 0 saturated heterocycles. The fourth-order valence-corrected chi connectivity index (χ4v) is 5.39. The van der Waals surface area contributed by atoms with Crippen LogP contribution in [0.2, 0.25) is 0 Å². The highest BCUT2D eigenvalue weighted by Gasteiger charge is 2.20. The van der Waals surface area contributed by atoms with Crippen molar-refractivity contribution in [1.82, 2.24) is 0 Å². The van der Waals surface area contributed by atoms with E-state index in [4.69, 9.17) is 9.15 Å². The number of methoxy groups -OCH3 is 1. The zero-order valence-electron chi connectivity index (χ0n) is 21.1. The molecule has 1 aliphatic rings. The van der Waals surface area contributed by atoms with Crippen molar-refractivity contribution < 1.29 is 13.9 Å². The van der Waals surface area contributed by atoms with Crippen LogP contribution >= 0.6 is 0 Å². The first-order chi connectivity index (χ1) is 18.0. The minimum absolute atomic E-state index is 0.178. The molecular weight excluding hydrogens is 458 g/mol. The second kappa shape index (κ2) is 9.14. The summed E-state index contributed by atoms with van der Waals surface area (Å²) in [7, 11) is 1.65. The number of carbonyl (C=O) groups is 1. The van der Waals surface area contributed by atoms with Crippen molar-refractivity contribution in [2.75, 3.05) is 12.4 Å². The minimum Gasteiger partial charge on any atom is -0.496 e. The second-order valence-corrected chi connectivity index (χ2v) is 9.50. The summed E-state index contributed by atoms with van der Waals surface area (Å²) in [5.74, 6) is 0.529. The zero-order chi connectivity index (χ0) is 25.5. The van der Waals surface area contributed by atoms with Gasteiger partial charge >= 0.3 is 0 Å². The third-order valence-electron chi connectivity index (χ3n) is 7.17. The summed E-state index contributed by atoms with van der Waals surface area (Å²) in [4.78, 5) is 13.1. The van der Waals surface area contributed by atoms with Gasteiger partial charge < -0.3 is 14.5 Å². The maximum Gasteiger partial charge on any atom is 0.248 e. The van der Waals surface area contributed by atoms with Crippen molar-refractivity contribution in [3.05, 3.63) is 113 Å². The molecule has 0 radical (unpaired) electrons. The van der Waals surface area contributed by atoms with Crippen molar-refractivity contribution in [2.45, 2.75) is 20.3 Å². The highest BCUT2D eigenvalue weighted by Crippen LogP contribution is 2.41. The van der Waals surface area contributed by atoms with Gasteiger partial charge in [-0.2, -0.15) is 0 Å². The Morgan fingerprint density at radius 1 is 0.919 bits per heavy atom. The first-order valence-corrected chi connectivity index (χ1v) is 12.4. The van der Waals surface area contributed by atoms with Gasteiger partial charge in [0, 0.05) is 33.8 Å². The van der Waals surface area contributed by atoms with E-state index in [0.717, 1.165) is 50.9 Å². The van der Waals surface area contributed by atoms with Gasteiger partial charge in [0.05, 0.1) is 13.4 Å². The molecule has 0 atom stereocenters. The van der Waals surface area contributed by atoms with Gasteiger partial charge in [0.15, 0.2) is 0 Å². The van der Waals surface area contributed by atoms with E-state index in [0.29, 0.717) is 5.75 Å². The SMILES string of the molecule is COc1c(/C(C)=C/C(=O)Nc2ccc3c(c2)Cc2ccccc2-3)cc2c(-c3ccccc3)coc2c1C. The zero-order valence-corrected chi connectivity index (χ0v) is 21.1. The molecule has 37 heavy (non-hydrogen) atoms. The van der Waals surface area contributed by atoms with Gasteiger partial charge in [-0.15, -0.1) is 0 Å². The number of furan rings is 1. The van der Waals surface area contributed by atoms with Crippen molar-refractivity contribution >= 4 is 28.1 Å². The number of carbonyl (C=O) groups excluding carboxylic acids is 1. The summed E-state index contributed by atoms with van der Waals surface area (Å²) >= 11 is 0. The number of aryl methyl sites for hydroxylation is 1. The smallest absolute Gasteiger partial charge is 0.248 e. The van der Waals surface area contributed by atoms with E-state index < -0.39 is 0 Å². The number of hydrogen-bond acceptors (Lipinski definition) is 3. The average molecular weight is 486 g/mol. The van der Waals surface area contributed by atoms with Crippen molar-refractivity contribution in [3.8, 4) is 28.0 Å². The first-order valence-electron chi connectivity index (χ1n) is 12.4. The lowest BCUT2D eigenvalue weighted by molar-refractivity contribution is -0.111. The van der Waals surface area contributed by atoms with Gasteiger partial charge in [-0.3, -0.25) is 4.79 Å². The molecule has 1 N–H and O–H groups in total. The van der Waals surface area contributed by atoms with Gasteiger partial charge in [-0.1, -0.05) is 60.7 Å². The van der Waals surface area contributed by atoms with E-state index in [2.05, 4.69) is 59.9 Å². The molecule has 4 aromatic carbocycles. The standard InChI is InChI=1S/C33H27NO3/c1-20(15-31(35)34-25-13-14-27-24(17-25)16-23-11-7-8-12-26(23)27)28-18-29-30(22-9-5-4-6-10-22)19-37-33(29)21(2)32(28)36-3/h4-15,17-19H,16H2,1-3H3,(H,34,35)/b20-15+. The van der Waals surface area contributed by atoms with Crippen LogP contribution in [0.4, 0.5) is 5.69 Å². The summed E-state index contributed by atoms with van der Waals surface area (Å²) in [5, 5.41) is 4.04. The number of ether oxygens (including phenoxy) is 1. The number of allylic oxidation sites excluding steroid dienone is 1. The average Bonchev–Trinajstić information content (AvgIpc) is 3.50. The number of amides is 1. The van der Waals surface area contributed by atoms with Crippen LogP contribution in [0.3, 0.4) is 0 Å². The Morgan fingerprint density at radius 2 is 1.68 bits per heavy atom. The Morgan fingerprint density at radius 3 is 2.49 bits per heavy atom. The van der Waals surface area contributed by atoms with Crippen LogP contribution in [-0.2, 0) is 11.2 Å². The third-order valence-corrected chi connectivity index (χ3v) is 7.17. The molecule has 5 aromatic rings. The van der Waals surface area contributed by atoms with E-state index in [-0.39, 0.29) is 5.91 Å². The summed E-state index contributed by atoms with van der Waals surface area (Å²) in [6.45, 7) is 3.92. The van der Waals surface area contributed by atoms with Crippen molar-refractivity contribution in [1.29, 1.82) is 0 Å². The molecule has 0 spiro atoms. The van der Waals surface area contributed by atoms with E-state index in [1.54, 1.807) is 19.4 Å². The fraction of sp³-hybridized carbons (Fsp3) is 0.121. The molecule has 1 heterocycles. The molecule has 4 heteroatoms. The summed E-state index contributed by atoms with van der Waals surface area (Å²) in [6, 6.07) is 26.8. The van der Waals surface area contributed by atoms with E-state index in [1.165, 1.54) is 22.3 Å². The molecule has 0 aliphatic heterocycles. The van der Waals surface area contributed by atoms with Crippen LogP contribution in [0.1, 0.15) is 29.2 Å². The molecule has 1 amide bonds. The monoisotopic (exact) mass is 485 g/mol. The number of anilines is 1. The maximum atomic E-state index is 13.1. The number of nitrogens with one attached hydrogen (secondary N) is 1. The van der Waals surface area contributed by atoms with Crippen LogP contribution in [0.25, 0.3) is 38.8 Å². The normalized spacial score (nSPS) is 12.4. The Balaban J connectivity index is 1.31. The highest BCUT2D eigenvalue weighted by molar-refractivity contribution is 6.06. The fourth-order valence-electron chi connectivity index (χ4n) is 5.39. The molecule has 182 valence electrons. The predicted octanol–water partition coefficient (Wildman–Crippen LogP) is 8.03. The molecule has 1 aromatic heterocycles. The summed E-state index contributed by atoms with van der Waals surface area (Å²) < 4.78 is 11.7. The molecule has 0 saturated carbocycles. The highest BCUT2D eigenvalue weighted by atomic mass is 16.5. The summed E-state index contributed by atoms with van der Waals surface area (Å²) in [5.41, 5.74) is 11.3. The van der Waals surface area contributed by atoms with Crippen molar-refractivity contribution in [2.24, 2.45) is 0 Å². The molecule has 0 fully saturated rings. The van der Waals surface area contributed by atoms with Crippen LogP contribution < -0.4 is 10.1 Å². The van der Waals surface area contributed by atoms with Gasteiger partial charge in [-0.25, -0.2) is 0 Å². The second-order valence-electron chi connectivity index (χ2n) is 9.50. The van der Waals surface area contributed by atoms with Crippen LogP contribution in [0.5, 0.6) is 5.75 Å². The molecule has 4 nitrogen and oxygen atoms in total. The van der Waals surface area contributed by atoms with E-state index in [9.17, 15) is 4.79 Å². The van der Waals surface area contributed by atoms with E-state index in [1.807, 2.05) is 38.1 Å². The maximum absolute atomic E-state index is 13.1. The Bertz CT molecular complexity index is 1690. The lowest BCUT2D eigenvalue weighted by Crippen LogP contribution is -2.09. The molecule has 0 bridgehead atoms. The minimum atomic E-state index is -0.178. The quantitative estimate of drug-likeness (QED) is 0.252. The lowest BCUT2D eigenvalue weighted by atomic mass is 9.96. The number of rotatable bonds is 5. The predicted molar refractivity (Wildman–Crippen MR) is 150 cm³/mol. The third kappa shape index (κ3) is 4.01. The topological polar surface area (TPSA) is 51.5 Å². The number of fused-ring (bicyclic) bond motifs is 4. The van der Waals surface area contributed by atoms with Crippen LogP contribution in [0, 0.1) is 6.92 Å². The van der Waals surface area contributed by atoms with Gasteiger partial charge in [0.1, 0.15) is 11.3 Å². The number of benzene rings is 4. The van der Waals surface area contributed by atoms with Gasteiger partial charge in [0.2, 0.25) is 5.91 Å². The lowest BCUT2D eigenvalue weighted by Gasteiger charge is -2.13. The van der Waals surface area contributed by atoms with Crippen LogP contribution in [0.15, 0.2) is 95.6 Å². The Labute approximate surface area is 216 Å². The largest absolute Gasteiger partial charge is 0.496 e. The van der Waals surface area contributed by atoms with Crippen molar-refractivity contribution in [3.63, 3.8) is 0 Å². The van der Waals surface area contributed by atoms with Crippen LogP contribution in [-0.4, -0.2) is 13.0 Å². The summed E-state index contributed by atoms with van der Waals surface area (Å²) in [6.07, 6.45) is 4.30.